The molecule has 1 aromatic heterocycles. The molecule has 0 bridgehead atoms. The average molecular weight is 401 g/mol. The number of aromatic nitrogens is 1. The summed E-state index contributed by atoms with van der Waals surface area (Å²) in [6.07, 6.45) is 0.625. The molecule has 142 valence electrons. The largest absolute Gasteiger partial charge is 0.241 e. The molecule has 2 aromatic carbocycles. The van der Waals surface area contributed by atoms with Crippen molar-refractivity contribution in [2.24, 2.45) is 0 Å². The monoisotopic (exact) mass is 400 g/mol. The smallest absolute Gasteiger partial charge is 0.241 e. The van der Waals surface area contributed by atoms with E-state index in [1.54, 1.807) is 11.3 Å². The van der Waals surface area contributed by atoms with Gasteiger partial charge in [0.25, 0.3) is 0 Å². The Morgan fingerprint density at radius 2 is 1.63 bits per heavy atom. The highest BCUT2D eigenvalue weighted by atomic mass is 32.2. The molecule has 1 N–H and O–H groups in total. The van der Waals surface area contributed by atoms with Crippen LogP contribution in [0.3, 0.4) is 0 Å². The van der Waals surface area contributed by atoms with Crippen LogP contribution in [0.2, 0.25) is 0 Å². The van der Waals surface area contributed by atoms with E-state index in [-0.39, 0.29) is 0 Å². The Morgan fingerprint density at radius 1 is 1.00 bits per heavy atom. The Bertz CT molecular complexity index is 1030. The van der Waals surface area contributed by atoms with Crippen molar-refractivity contribution in [1.82, 2.24) is 9.71 Å². The number of rotatable bonds is 6. The van der Waals surface area contributed by atoms with Crippen LogP contribution in [0.15, 0.2) is 47.4 Å². The number of nitrogens with zero attached hydrogens (tertiary/aromatic N) is 1. The molecular formula is C21H24N2O2S2. The fraction of sp³-hybridized carbons (Fsp3) is 0.286. The summed E-state index contributed by atoms with van der Waals surface area (Å²) < 4.78 is 28.3. The highest BCUT2D eigenvalue weighted by molar-refractivity contribution is 7.89. The van der Waals surface area contributed by atoms with Crippen LogP contribution >= 0.6 is 11.3 Å². The van der Waals surface area contributed by atoms with Crippen LogP contribution in [0.25, 0.3) is 10.6 Å². The molecule has 0 unspecified atom stereocenters. The summed E-state index contributed by atoms with van der Waals surface area (Å²) >= 11 is 1.62. The van der Waals surface area contributed by atoms with E-state index in [1.807, 2.05) is 70.2 Å². The van der Waals surface area contributed by atoms with Gasteiger partial charge >= 0.3 is 0 Å². The van der Waals surface area contributed by atoms with Crippen molar-refractivity contribution in [3.8, 4) is 10.6 Å². The summed E-state index contributed by atoms with van der Waals surface area (Å²) in [5.74, 6) is 0. The van der Waals surface area contributed by atoms with Crippen molar-refractivity contribution >= 4 is 21.4 Å². The van der Waals surface area contributed by atoms with E-state index in [2.05, 4.69) is 9.71 Å². The van der Waals surface area contributed by atoms with Gasteiger partial charge in [0.2, 0.25) is 10.0 Å². The Morgan fingerprint density at radius 3 is 2.26 bits per heavy atom. The van der Waals surface area contributed by atoms with Crippen molar-refractivity contribution in [1.29, 1.82) is 0 Å². The second kappa shape index (κ2) is 7.92. The van der Waals surface area contributed by atoms with Gasteiger partial charge in [0.1, 0.15) is 5.01 Å². The van der Waals surface area contributed by atoms with Gasteiger partial charge in [0, 0.05) is 17.0 Å². The fourth-order valence-electron chi connectivity index (χ4n) is 3.33. The van der Waals surface area contributed by atoms with Gasteiger partial charge in [-0.3, -0.25) is 0 Å². The minimum atomic E-state index is -3.53. The van der Waals surface area contributed by atoms with Gasteiger partial charge in [0.15, 0.2) is 0 Å². The molecule has 27 heavy (non-hydrogen) atoms. The van der Waals surface area contributed by atoms with E-state index in [1.165, 1.54) is 0 Å². The van der Waals surface area contributed by atoms with Crippen LogP contribution < -0.4 is 4.72 Å². The number of nitrogens with one attached hydrogen (secondary N) is 1. The highest BCUT2D eigenvalue weighted by Crippen LogP contribution is 2.28. The molecule has 0 amide bonds. The molecule has 0 spiro atoms. The number of hydrogen-bond donors (Lipinski definition) is 1. The minimum Gasteiger partial charge on any atom is -0.241 e. The predicted octanol–water partition coefficient (Wildman–Crippen LogP) is 4.56. The average Bonchev–Trinajstić information content (AvgIpc) is 2.95. The first-order valence-electron chi connectivity index (χ1n) is 8.87. The van der Waals surface area contributed by atoms with Crippen molar-refractivity contribution in [3.05, 3.63) is 69.7 Å². The van der Waals surface area contributed by atoms with Gasteiger partial charge in [-0.05, 0) is 45.2 Å². The van der Waals surface area contributed by atoms with Crippen molar-refractivity contribution in [3.63, 3.8) is 0 Å². The van der Waals surface area contributed by atoms with Gasteiger partial charge in [-0.25, -0.2) is 18.1 Å². The molecule has 4 nitrogen and oxygen atoms in total. The molecule has 0 saturated heterocycles. The van der Waals surface area contributed by atoms with E-state index < -0.39 is 10.0 Å². The molecule has 6 heteroatoms. The van der Waals surface area contributed by atoms with E-state index in [4.69, 9.17) is 0 Å². The lowest BCUT2D eigenvalue weighted by molar-refractivity contribution is 0.580. The Kier molecular flexibility index (Phi) is 5.79. The zero-order valence-electron chi connectivity index (χ0n) is 16.0. The topological polar surface area (TPSA) is 59.1 Å². The van der Waals surface area contributed by atoms with E-state index in [0.29, 0.717) is 17.9 Å². The second-order valence-electron chi connectivity index (χ2n) is 6.77. The summed E-state index contributed by atoms with van der Waals surface area (Å²) in [5, 5.41) is 0.969. The third-order valence-electron chi connectivity index (χ3n) is 4.43. The third-order valence-corrected chi connectivity index (χ3v) is 7.46. The Balaban J connectivity index is 1.72. The lowest BCUT2D eigenvalue weighted by Crippen LogP contribution is -2.27. The van der Waals surface area contributed by atoms with Gasteiger partial charge in [-0.2, -0.15) is 0 Å². The van der Waals surface area contributed by atoms with Crippen LogP contribution in [0.1, 0.15) is 27.3 Å². The molecule has 0 saturated carbocycles. The van der Waals surface area contributed by atoms with E-state index >= 15 is 0 Å². The normalized spacial score (nSPS) is 11.7. The van der Waals surface area contributed by atoms with Crippen LogP contribution in [-0.4, -0.2) is 19.9 Å². The first-order valence-corrected chi connectivity index (χ1v) is 11.2. The number of sulfonamides is 1. The molecule has 0 radical (unpaired) electrons. The van der Waals surface area contributed by atoms with Crippen molar-refractivity contribution in [2.75, 3.05) is 6.54 Å². The zero-order chi connectivity index (χ0) is 19.6. The van der Waals surface area contributed by atoms with Crippen molar-refractivity contribution in [2.45, 2.75) is 39.0 Å². The Labute approximate surface area is 165 Å². The fourth-order valence-corrected chi connectivity index (χ4v) is 5.87. The predicted molar refractivity (Wildman–Crippen MR) is 112 cm³/mol. The van der Waals surface area contributed by atoms with Crippen LogP contribution in [0.5, 0.6) is 0 Å². The third kappa shape index (κ3) is 4.46. The summed E-state index contributed by atoms with van der Waals surface area (Å²) in [7, 11) is -3.53. The SMILES string of the molecule is Cc1cc(C)c(S(=O)(=O)NCCc2sc(-c3ccccc3)nc2C)c(C)c1. The van der Waals surface area contributed by atoms with Crippen molar-refractivity contribution < 1.29 is 8.42 Å². The molecule has 3 rings (SSSR count). The van der Waals surface area contributed by atoms with Gasteiger partial charge in [-0.1, -0.05) is 48.0 Å². The maximum absolute atomic E-state index is 12.8. The molecule has 0 atom stereocenters. The molecule has 3 aromatic rings. The minimum absolute atomic E-state index is 0.354. The first kappa shape index (κ1) is 19.7. The molecule has 0 aliphatic heterocycles. The van der Waals surface area contributed by atoms with Crippen LogP contribution in [-0.2, 0) is 16.4 Å². The Hall–Kier alpha value is -2.02. The van der Waals surface area contributed by atoms with E-state index in [0.717, 1.165) is 37.8 Å². The zero-order valence-corrected chi connectivity index (χ0v) is 17.7. The number of hydrogen-bond acceptors (Lipinski definition) is 4. The summed E-state index contributed by atoms with van der Waals surface area (Å²) in [5.41, 5.74) is 4.67. The lowest BCUT2D eigenvalue weighted by Gasteiger charge is -2.13. The van der Waals surface area contributed by atoms with Crippen LogP contribution in [0, 0.1) is 27.7 Å². The van der Waals surface area contributed by atoms with E-state index in [9.17, 15) is 8.42 Å². The summed E-state index contributed by atoms with van der Waals surface area (Å²) in [4.78, 5) is 6.13. The standard InChI is InChI=1S/C21H24N2O2S2/c1-14-12-15(2)20(16(3)13-14)27(24,25)22-11-10-19-17(4)23-21(26-19)18-8-6-5-7-9-18/h5-9,12-13,22H,10-11H2,1-4H3. The maximum atomic E-state index is 12.8. The van der Waals surface area contributed by atoms with Gasteiger partial charge in [-0.15, -0.1) is 11.3 Å². The maximum Gasteiger partial charge on any atom is 0.241 e. The molecular weight excluding hydrogens is 376 g/mol. The second-order valence-corrected chi connectivity index (χ2v) is 9.56. The molecule has 0 fully saturated rings. The first-order chi connectivity index (χ1) is 12.8. The molecule has 1 heterocycles. The molecule has 0 aliphatic rings. The lowest BCUT2D eigenvalue weighted by atomic mass is 10.1. The van der Waals surface area contributed by atoms with Crippen LogP contribution in [0.4, 0.5) is 0 Å². The summed E-state index contributed by atoms with van der Waals surface area (Å²) in [6, 6.07) is 13.8. The summed E-state index contributed by atoms with van der Waals surface area (Å²) in [6.45, 7) is 7.98. The quantitative estimate of drug-likeness (QED) is 0.660. The van der Waals surface area contributed by atoms with Gasteiger partial charge < -0.3 is 0 Å². The van der Waals surface area contributed by atoms with Gasteiger partial charge in [0.05, 0.1) is 10.6 Å². The number of aryl methyl sites for hydroxylation is 4. The highest BCUT2D eigenvalue weighted by Gasteiger charge is 2.20. The number of benzene rings is 2. The molecule has 0 aliphatic carbocycles. The number of thiazole rings is 1.